The number of benzene rings is 3. The van der Waals surface area contributed by atoms with E-state index in [1.54, 1.807) is 11.8 Å². The van der Waals surface area contributed by atoms with Crippen LogP contribution in [0.15, 0.2) is 71.6 Å². The number of nitrogens with one attached hydrogen (secondary N) is 1. The molecule has 1 amide bonds. The molecule has 0 fully saturated rings. The van der Waals surface area contributed by atoms with E-state index in [2.05, 4.69) is 36.5 Å². The highest BCUT2D eigenvalue weighted by Crippen LogP contribution is 2.20. The Labute approximate surface area is 152 Å². The van der Waals surface area contributed by atoms with Gasteiger partial charge >= 0.3 is 0 Å². The third-order valence-corrected chi connectivity index (χ3v) is 4.82. The molecule has 0 aromatic heterocycles. The van der Waals surface area contributed by atoms with Crippen LogP contribution in [0.5, 0.6) is 5.75 Å². The molecule has 0 aliphatic rings. The number of carbonyl (C=O) groups is 1. The van der Waals surface area contributed by atoms with Crippen LogP contribution >= 0.6 is 11.8 Å². The summed E-state index contributed by atoms with van der Waals surface area (Å²) in [7, 11) is 0. The average molecular weight is 351 g/mol. The Hall–Kier alpha value is -2.46. The topological polar surface area (TPSA) is 38.3 Å². The van der Waals surface area contributed by atoms with E-state index in [-0.39, 0.29) is 5.91 Å². The Bertz CT molecular complexity index is 846. The second kappa shape index (κ2) is 8.58. The molecular weight excluding hydrogens is 330 g/mol. The van der Waals surface area contributed by atoms with Gasteiger partial charge in [0.05, 0.1) is 12.3 Å². The van der Waals surface area contributed by atoms with Gasteiger partial charge in [-0.25, -0.2) is 0 Å². The Kier molecular flexibility index (Phi) is 5.96. The second-order valence-electron chi connectivity index (χ2n) is 5.81. The maximum absolute atomic E-state index is 11.9. The quantitative estimate of drug-likeness (QED) is 0.505. The molecule has 0 saturated carbocycles. The minimum atomic E-state index is 0.0210. The van der Waals surface area contributed by atoms with Gasteiger partial charge in [0.25, 0.3) is 0 Å². The van der Waals surface area contributed by atoms with Crippen molar-refractivity contribution >= 4 is 28.4 Å². The molecule has 0 bridgehead atoms. The number of amides is 1. The zero-order valence-corrected chi connectivity index (χ0v) is 15.0. The smallest absolute Gasteiger partial charge is 0.230 e. The van der Waals surface area contributed by atoms with Gasteiger partial charge in [-0.05, 0) is 42.0 Å². The lowest BCUT2D eigenvalue weighted by Crippen LogP contribution is -2.29. The van der Waals surface area contributed by atoms with Gasteiger partial charge in [0, 0.05) is 4.90 Å². The van der Waals surface area contributed by atoms with Crippen molar-refractivity contribution in [1.29, 1.82) is 0 Å². The van der Waals surface area contributed by atoms with Crippen LogP contribution in [0.25, 0.3) is 10.8 Å². The fraction of sp³-hybridized carbons (Fsp3) is 0.190. The van der Waals surface area contributed by atoms with E-state index < -0.39 is 0 Å². The van der Waals surface area contributed by atoms with Crippen LogP contribution in [-0.4, -0.2) is 24.8 Å². The number of fused-ring (bicyclic) bond motifs is 1. The zero-order valence-electron chi connectivity index (χ0n) is 14.2. The molecule has 0 aliphatic carbocycles. The van der Waals surface area contributed by atoms with Gasteiger partial charge in [-0.2, -0.15) is 0 Å². The van der Waals surface area contributed by atoms with E-state index in [0.29, 0.717) is 18.9 Å². The fourth-order valence-electron chi connectivity index (χ4n) is 2.45. The number of rotatable bonds is 7. The van der Waals surface area contributed by atoms with Crippen molar-refractivity contribution in [3.05, 3.63) is 72.3 Å². The van der Waals surface area contributed by atoms with Gasteiger partial charge in [0.1, 0.15) is 12.4 Å². The molecule has 0 saturated heterocycles. The first kappa shape index (κ1) is 17.4. The number of hydrogen-bond donors (Lipinski definition) is 1. The van der Waals surface area contributed by atoms with Crippen molar-refractivity contribution < 1.29 is 9.53 Å². The summed E-state index contributed by atoms with van der Waals surface area (Å²) in [5.74, 6) is 1.26. The summed E-state index contributed by atoms with van der Waals surface area (Å²) in [4.78, 5) is 13.0. The standard InChI is InChI=1S/C21H21NO2S/c1-16-6-10-20(11-7-16)25-15-21(23)22-12-13-24-19-9-8-17-4-2-3-5-18(17)14-19/h2-11,14H,12-13,15H2,1H3,(H,22,23). The molecule has 4 heteroatoms. The number of hydrogen-bond acceptors (Lipinski definition) is 3. The van der Waals surface area contributed by atoms with Crippen LogP contribution in [-0.2, 0) is 4.79 Å². The van der Waals surface area contributed by atoms with Crippen LogP contribution in [0.4, 0.5) is 0 Å². The van der Waals surface area contributed by atoms with Gasteiger partial charge in [-0.1, -0.05) is 48.0 Å². The average Bonchev–Trinajstić information content (AvgIpc) is 2.64. The van der Waals surface area contributed by atoms with Crippen molar-refractivity contribution in [1.82, 2.24) is 5.32 Å². The minimum absolute atomic E-state index is 0.0210. The van der Waals surface area contributed by atoms with Crippen molar-refractivity contribution in [3.8, 4) is 5.75 Å². The van der Waals surface area contributed by atoms with Crippen LogP contribution < -0.4 is 10.1 Å². The SMILES string of the molecule is Cc1ccc(SCC(=O)NCCOc2ccc3ccccc3c2)cc1. The summed E-state index contributed by atoms with van der Waals surface area (Å²) in [6.45, 7) is 3.01. The molecule has 0 spiro atoms. The molecule has 128 valence electrons. The van der Waals surface area contributed by atoms with Gasteiger partial charge in [-0.15, -0.1) is 11.8 Å². The van der Waals surface area contributed by atoms with Gasteiger partial charge < -0.3 is 10.1 Å². The highest BCUT2D eigenvalue weighted by atomic mass is 32.2. The number of aryl methyl sites for hydroxylation is 1. The predicted molar refractivity (Wildman–Crippen MR) is 104 cm³/mol. The largest absolute Gasteiger partial charge is 0.492 e. The molecule has 0 atom stereocenters. The summed E-state index contributed by atoms with van der Waals surface area (Å²) in [6.07, 6.45) is 0. The van der Waals surface area contributed by atoms with Crippen molar-refractivity contribution in [2.75, 3.05) is 18.9 Å². The Balaban J connectivity index is 1.38. The second-order valence-corrected chi connectivity index (χ2v) is 6.86. The van der Waals surface area contributed by atoms with E-state index >= 15 is 0 Å². The molecule has 3 aromatic carbocycles. The lowest BCUT2D eigenvalue weighted by molar-refractivity contribution is -0.118. The number of ether oxygens (including phenoxy) is 1. The van der Waals surface area contributed by atoms with Crippen LogP contribution in [0.2, 0.25) is 0 Å². The highest BCUT2D eigenvalue weighted by molar-refractivity contribution is 8.00. The zero-order chi connectivity index (χ0) is 17.5. The van der Waals surface area contributed by atoms with Crippen LogP contribution in [0.1, 0.15) is 5.56 Å². The van der Waals surface area contributed by atoms with Crippen molar-refractivity contribution in [2.45, 2.75) is 11.8 Å². The van der Waals surface area contributed by atoms with Crippen LogP contribution in [0, 0.1) is 6.92 Å². The molecule has 0 radical (unpaired) electrons. The lowest BCUT2D eigenvalue weighted by atomic mass is 10.1. The van der Waals surface area contributed by atoms with E-state index in [1.165, 1.54) is 10.9 Å². The van der Waals surface area contributed by atoms with Crippen molar-refractivity contribution in [2.24, 2.45) is 0 Å². The molecule has 0 heterocycles. The fourth-order valence-corrected chi connectivity index (χ4v) is 3.18. The molecular formula is C21H21NO2S. The summed E-state index contributed by atoms with van der Waals surface area (Å²) in [6, 6.07) is 22.4. The maximum Gasteiger partial charge on any atom is 0.230 e. The van der Waals surface area contributed by atoms with Gasteiger partial charge in [0.2, 0.25) is 5.91 Å². The molecule has 3 rings (SSSR count). The molecule has 0 unspecified atom stereocenters. The molecule has 3 nitrogen and oxygen atoms in total. The number of carbonyl (C=O) groups excluding carboxylic acids is 1. The summed E-state index contributed by atoms with van der Waals surface area (Å²) >= 11 is 1.54. The van der Waals surface area contributed by atoms with Gasteiger partial charge in [0.15, 0.2) is 0 Å². The third-order valence-electron chi connectivity index (χ3n) is 3.80. The van der Waals surface area contributed by atoms with E-state index in [1.807, 2.05) is 42.5 Å². The van der Waals surface area contributed by atoms with E-state index in [4.69, 9.17) is 4.74 Å². The first-order chi connectivity index (χ1) is 12.2. The maximum atomic E-state index is 11.9. The summed E-state index contributed by atoms with van der Waals surface area (Å²) < 4.78 is 5.72. The van der Waals surface area contributed by atoms with Gasteiger partial charge in [-0.3, -0.25) is 4.79 Å². The predicted octanol–water partition coefficient (Wildman–Crippen LogP) is 4.44. The summed E-state index contributed by atoms with van der Waals surface area (Å²) in [5.41, 5.74) is 1.22. The van der Waals surface area contributed by atoms with E-state index in [9.17, 15) is 4.79 Å². The van der Waals surface area contributed by atoms with Crippen molar-refractivity contribution in [3.63, 3.8) is 0 Å². The normalized spacial score (nSPS) is 10.6. The Morgan fingerprint density at radius 2 is 1.76 bits per heavy atom. The monoisotopic (exact) mass is 351 g/mol. The Morgan fingerprint density at radius 3 is 2.56 bits per heavy atom. The third kappa shape index (κ3) is 5.26. The molecule has 3 aromatic rings. The number of thioether (sulfide) groups is 1. The molecule has 25 heavy (non-hydrogen) atoms. The highest BCUT2D eigenvalue weighted by Gasteiger charge is 2.03. The van der Waals surface area contributed by atoms with E-state index in [0.717, 1.165) is 16.0 Å². The first-order valence-corrected chi connectivity index (χ1v) is 9.27. The minimum Gasteiger partial charge on any atom is -0.492 e. The summed E-state index contributed by atoms with van der Waals surface area (Å²) in [5, 5.41) is 5.23. The van der Waals surface area contributed by atoms with Crippen LogP contribution in [0.3, 0.4) is 0 Å². The molecule has 1 N–H and O–H groups in total. The Morgan fingerprint density at radius 1 is 1.00 bits per heavy atom. The first-order valence-electron chi connectivity index (χ1n) is 8.28. The lowest BCUT2D eigenvalue weighted by Gasteiger charge is -2.09. The molecule has 0 aliphatic heterocycles.